The van der Waals surface area contributed by atoms with Crippen molar-refractivity contribution in [3.63, 3.8) is 0 Å². The lowest BCUT2D eigenvalue weighted by Crippen LogP contribution is -2.30. The molecule has 0 aliphatic rings. The molecule has 1 atom stereocenters. The molecule has 0 bridgehead atoms. The fraction of sp³-hybridized carbons (Fsp3) is 0.429. The molecule has 0 aromatic heterocycles. The quantitative estimate of drug-likeness (QED) is 0.470. The molecule has 1 unspecified atom stereocenters. The van der Waals surface area contributed by atoms with E-state index in [1.807, 2.05) is 6.92 Å². The fourth-order valence-electron chi connectivity index (χ4n) is 1.59. The highest BCUT2D eigenvalue weighted by Gasteiger charge is 2.19. The second-order valence-corrected chi connectivity index (χ2v) is 5.05. The van der Waals surface area contributed by atoms with Gasteiger partial charge in [0.2, 0.25) is 0 Å². The molecule has 1 aromatic rings. The normalized spacial score (nSPS) is 11.6. The van der Waals surface area contributed by atoms with Crippen LogP contribution < -0.4 is 5.32 Å². The number of nitro benzene ring substituents is 1. The van der Waals surface area contributed by atoms with Crippen LogP contribution in [-0.4, -0.2) is 22.9 Å². The first-order valence-corrected chi connectivity index (χ1v) is 7.17. The van der Waals surface area contributed by atoms with Crippen LogP contribution in [0.2, 0.25) is 5.02 Å². The van der Waals surface area contributed by atoms with Crippen molar-refractivity contribution < 1.29 is 19.2 Å². The van der Waals surface area contributed by atoms with Gasteiger partial charge in [0.05, 0.1) is 15.6 Å². The zero-order valence-corrected chi connectivity index (χ0v) is 13.1. The minimum atomic E-state index is -1.01. The predicted octanol–water partition coefficient (Wildman–Crippen LogP) is 3.31. The average Bonchev–Trinajstić information content (AvgIpc) is 2.46. The number of halogens is 1. The van der Waals surface area contributed by atoms with Crippen molar-refractivity contribution >= 4 is 34.9 Å². The Morgan fingerprint density at radius 2 is 2.14 bits per heavy atom. The van der Waals surface area contributed by atoms with Crippen molar-refractivity contribution in [1.29, 1.82) is 0 Å². The molecule has 1 aromatic carbocycles. The van der Waals surface area contributed by atoms with E-state index in [0.717, 1.165) is 12.5 Å². The Morgan fingerprint density at radius 1 is 1.45 bits per heavy atom. The summed E-state index contributed by atoms with van der Waals surface area (Å²) in [7, 11) is 0. The number of nitrogens with zero attached hydrogens (tertiary/aromatic N) is 1. The number of non-ortho nitro benzene ring substituents is 1. The second-order valence-electron chi connectivity index (χ2n) is 4.65. The number of anilines is 1. The number of nitrogens with one attached hydrogen (secondary N) is 1. The van der Waals surface area contributed by atoms with Gasteiger partial charge in [-0.1, -0.05) is 24.9 Å². The van der Waals surface area contributed by atoms with Gasteiger partial charge in [0.1, 0.15) is 0 Å². The van der Waals surface area contributed by atoms with Crippen molar-refractivity contribution in [3.05, 3.63) is 33.3 Å². The van der Waals surface area contributed by atoms with E-state index in [-0.39, 0.29) is 22.8 Å². The molecule has 0 aliphatic carbocycles. The van der Waals surface area contributed by atoms with E-state index in [9.17, 15) is 19.7 Å². The largest absolute Gasteiger partial charge is 0.453 e. The first kappa shape index (κ1) is 17.9. The van der Waals surface area contributed by atoms with Crippen LogP contribution in [-0.2, 0) is 14.3 Å². The lowest BCUT2D eigenvalue weighted by molar-refractivity contribution is -0.384. The van der Waals surface area contributed by atoms with Gasteiger partial charge in [0.15, 0.2) is 6.10 Å². The number of ether oxygens (including phenoxy) is 1. The maximum Gasteiger partial charge on any atom is 0.306 e. The Bertz CT molecular complexity index is 576. The van der Waals surface area contributed by atoms with Gasteiger partial charge < -0.3 is 10.1 Å². The van der Waals surface area contributed by atoms with Crippen LogP contribution in [0.5, 0.6) is 0 Å². The van der Waals surface area contributed by atoms with Crippen LogP contribution >= 0.6 is 11.6 Å². The van der Waals surface area contributed by atoms with E-state index in [0.29, 0.717) is 6.42 Å². The number of unbranched alkanes of at least 4 members (excludes halogenated alkanes) is 1. The minimum absolute atomic E-state index is 0.0947. The van der Waals surface area contributed by atoms with Gasteiger partial charge in [-0.25, -0.2) is 0 Å². The highest BCUT2D eigenvalue weighted by molar-refractivity contribution is 6.33. The molecule has 7 nitrogen and oxygen atoms in total. The summed E-state index contributed by atoms with van der Waals surface area (Å²) in [5.41, 5.74) is -0.107. The summed E-state index contributed by atoms with van der Waals surface area (Å²) in [6, 6.07) is 3.69. The number of hydrogen-bond acceptors (Lipinski definition) is 5. The summed E-state index contributed by atoms with van der Waals surface area (Å²) < 4.78 is 4.98. The van der Waals surface area contributed by atoms with Crippen LogP contribution in [0, 0.1) is 10.1 Å². The van der Waals surface area contributed by atoms with Crippen molar-refractivity contribution in [2.45, 2.75) is 39.2 Å². The third kappa shape index (κ3) is 5.33. The summed E-state index contributed by atoms with van der Waals surface area (Å²) in [4.78, 5) is 33.5. The van der Waals surface area contributed by atoms with Gasteiger partial charge in [-0.2, -0.15) is 0 Å². The molecule has 0 spiro atoms. The van der Waals surface area contributed by atoms with Gasteiger partial charge in [0, 0.05) is 18.6 Å². The summed E-state index contributed by atoms with van der Waals surface area (Å²) >= 11 is 5.88. The molecule has 8 heteroatoms. The number of carbonyl (C=O) groups excluding carboxylic acids is 2. The van der Waals surface area contributed by atoms with Crippen molar-refractivity contribution in [3.8, 4) is 0 Å². The Balaban J connectivity index is 2.69. The van der Waals surface area contributed by atoms with Crippen molar-refractivity contribution in [1.82, 2.24) is 0 Å². The Morgan fingerprint density at radius 3 is 2.73 bits per heavy atom. The van der Waals surface area contributed by atoms with E-state index in [4.69, 9.17) is 16.3 Å². The number of esters is 1. The Kier molecular flexibility index (Phi) is 6.78. The molecule has 1 amide bonds. The van der Waals surface area contributed by atoms with E-state index in [2.05, 4.69) is 5.32 Å². The summed E-state index contributed by atoms with van der Waals surface area (Å²) in [5, 5.41) is 13.3. The van der Waals surface area contributed by atoms with Gasteiger partial charge in [-0.15, -0.1) is 0 Å². The van der Waals surface area contributed by atoms with Crippen LogP contribution in [0.1, 0.15) is 33.1 Å². The summed E-state index contributed by atoms with van der Waals surface area (Å²) in [5.74, 6) is -1.07. The Labute approximate surface area is 132 Å². The van der Waals surface area contributed by atoms with Crippen LogP contribution in [0.15, 0.2) is 18.2 Å². The van der Waals surface area contributed by atoms with Crippen molar-refractivity contribution in [2.75, 3.05) is 5.32 Å². The molecule has 120 valence electrons. The average molecular weight is 329 g/mol. The Hall–Kier alpha value is -2.15. The number of carbonyl (C=O) groups is 2. The number of hydrogen-bond donors (Lipinski definition) is 1. The number of rotatable bonds is 7. The molecule has 0 saturated carbocycles. The molecule has 0 fully saturated rings. The molecule has 0 heterocycles. The van der Waals surface area contributed by atoms with Gasteiger partial charge >= 0.3 is 5.97 Å². The first-order valence-electron chi connectivity index (χ1n) is 6.79. The second kappa shape index (κ2) is 8.33. The SMILES string of the molecule is CCCCC(=O)OC(C)C(=O)Nc1cc([N+](=O)[O-])ccc1Cl. The lowest BCUT2D eigenvalue weighted by atomic mass is 10.2. The standard InChI is InChI=1S/C14H17ClN2O5/c1-3-4-5-13(18)22-9(2)14(19)16-12-8-10(17(20)21)6-7-11(12)15/h6-9H,3-5H2,1-2H3,(H,16,19). The summed E-state index contributed by atoms with van der Waals surface area (Å²) in [6.07, 6.45) is 0.758. The highest BCUT2D eigenvalue weighted by atomic mass is 35.5. The number of amides is 1. The predicted molar refractivity (Wildman–Crippen MR) is 81.8 cm³/mol. The molecule has 22 heavy (non-hydrogen) atoms. The zero-order valence-electron chi connectivity index (χ0n) is 12.3. The third-order valence-corrected chi connectivity index (χ3v) is 3.16. The van der Waals surface area contributed by atoms with Crippen LogP contribution in [0.25, 0.3) is 0 Å². The molecule has 0 radical (unpaired) electrons. The van der Waals surface area contributed by atoms with Gasteiger partial charge in [-0.05, 0) is 19.4 Å². The lowest BCUT2D eigenvalue weighted by Gasteiger charge is -2.14. The van der Waals surface area contributed by atoms with Gasteiger partial charge in [-0.3, -0.25) is 19.7 Å². The molecular formula is C14H17ClN2O5. The third-order valence-electron chi connectivity index (χ3n) is 2.83. The van der Waals surface area contributed by atoms with E-state index >= 15 is 0 Å². The van der Waals surface area contributed by atoms with E-state index < -0.39 is 22.9 Å². The number of nitro groups is 1. The maximum absolute atomic E-state index is 11.9. The molecule has 1 N–H and O–H groups in total. The fourth-order valence-corrected chi connectivity index (χ4v) is 1.75. The molecule has 1 rings (SSSR count). The first-order chi connectivity index (χ1) is 10.3. The maximum atomic E-state index is 11.9. The van der Waals surface area contributed by atoms with Crippen LogP contribution in [0.3, 0.4) is 0 Å². The van der Waals surface area contributed by atoms with Crippen LogP contribution in [0.4, 0.5) is 11.4 Å². The smallest absolute Gasteiger partial charge is 0.306 e. The minimum Gasteiger partial charge on any atom is -0.453 e. The highest BCUT2D eigenvalue weighted by Crippen LogP contribution is 2.26. The van der Waals surface area contributed by atoms with E-state index in [1.165, 1.54) is 19.1 Å². The molecule has 0 aliphatic heterocycles. The van der Waals surface area contributed by atoms with E-state index in [1.54, 1.807) is 0 Å². The number of benzene rings is 1. The topological polar surface area (TPSA) is 98.5 Å². The molecular weight excluding hydrogens is 312 g/mol. The van der Waals surface area contributed by atoms with Gasteiger partial charge in [0.25, 0.3) is 11.6 Å². The van der Waals surface area contributed by atoms with Crippen molar-refractivity contribution in [2.24, 2.45) is 0 Å². The summed E-state index contributed by atoms with van der Waals surface area (Å²) in [6.45, 7) is 3.36. The monoisotopic (exact) mass is 328 g/mol. The zero-order chi connectivity index (χ0) is 16.7. The molecule has 0 saturated heterocycles.